The molecule has 9 heteroatoms. The van der Waals surface area contributed by atoms with E-state index in [0.717, 1.165) is 33.6 Å². The Labute approximate surface area is 202 Å². The molecule has 35 heavy (non-hydrogen) atoms. The normalized spacial score (nSPS) is 18.6. The number of nitrogens with one attached hydrogen (secondary N) is 1. The average molecular weight is 481 g/mol. The van der Waals surface area contributed by atoms with Gasteiger partial charge in [-0.3, -0.25) is 9.80 Å². The first-order valence-electron chi connectivity index (χ1n) is 11.4. The van der Waals surface area contributed by atoms with Gasteiger partial charge in [0.2, 0.25) is 0 Å². The van der Waals surface area contributed by atoms with E-state index in [-0.39, 0.29) is 30.5 Å². The molecule has 182 valence electrons. The van der Waals surface area contributed by atoms with Crippen LogP contribution >= 0.6 is 0 Å². The van der Waals surface area contributed by atoms with Crippen LogP contribution in [0.4, 0.5) is 30.8 Å². The molecule has 1 unspecified atom stereocenters. The molecule has 1 atom stereocenters. The molecule has 7 nitrogen and oxygen atoms in total. The van der Waals surface area contributed by atoms with Crippen molar-refractivity contribution in [2.75, 3.05) is 42.4 Å². The Hall–Kier alpha value is -3.88. The Kier molecular flexibility index (Phi) is 5.92. The van der Waals surface area contributed by atoms with Crippen LogP contribution in [0.5, 0.6) is 11.5 Å². The number of hydrogen-bond acceptors (Lipinski definition) is 5. The Morgan fingerprint density at radius 1 is 1.11 bits per heavy atom. The molecule has 5 rings (SSSR count). The van der Waals surface area contributed by atoms with Crippen LogP contribution in [0.15, 0.2) is 48.2 Å². The van der Waals surface area contributed by atoms with Crippen LogP contribution in [-0.2, 0) is 6.54 Å². The highest BCUT2D eigenvalue weighted by atomic mass is 19.1. The summed E-state index contributed by atoms with van der Waals surface area (Å²) in [5.41, 5.74) is 2.88. The number of ether oxygens (including phenoxy) is 2. The van der Waals surface area contributed by atoms with Crippen LogP contribution in [-0.4, -0.2) is 38.3 Å². The predicted octanol–water partition coefficient (Wildman–Crippen LogP) is 5.30. The number of benzene rings is 1. The first-order valence-corrected chi connectivity index (χ1v) is 11.4. The van der Waals surface area contributed by atoms with E-state index < -0.39 is 23.4 Å². The van der Waals surface area contributed by atoms with E-state index in [1.54, 1.807) is 11.1 Å². The van der Waals surface area contributed by atoms with Gasteiger partial charge in [-0.2, -0.15) is 0 Å². The third-order valence-corrected chi connectivity index (χ3v) is 6.54. The summed E-state index contributed by atoms with van der Waals surface area (Å²) in [5.74, 6) is -1.50. The minimum absolute atomic E-state index is 0.0410. The number of pyridine rings is 1. The summed E-state index contributed by atoms with van der Waals surface area (Å²) in [6.07, 6.45) is 12.1. The molecule has 3 heterocycles. The number of anilines is 3. The largest absolute Gasteiger partial charge is 0.493 e. The molecular weight excluding hydrogens is 454 g/mol. The number of amides is 2. The average Bonchev–Trinajstić information content (AvgIpc) is 3.05. The number of urea groups is 1. The van der Waals surface area contributed by atoms with E-state index in [1.807, 2.05) is 30.4 Å². The number of carbonyl (C=O) groups is 1. The standard InChI is InChI=1S/C26H26F2N4O3/c1-15-11-29-25-20(15)23-17(12-30-25)14-32(24-21(27)18(34-2)10-19(35-3)22(24)28)26(33)31(23)13-16-8-6-4-5-7-9-16/h4-8,10,12,15H,9,11,13-14H2,1-3H3,(H,29,30). The molecule has 0 saturated heterocycles. The molecule has 3 aliphatic rings. The van der Waals surface area contributed by atoms with Crippen LogP contribution in [0.1, 0.15) is 30.4 Å². The lowest BCUT2D eigenvalue weighted by Crippen LogP contribution is -2.49. The van der Waals surface area contributed by atoms with Crippen molar-refractivity contribution in [1.29, 1.82) is 0 Å². The van der Waals surface area contributed by atoms with Gasteiger partial charge in [0.05, 0.1) is 26.5 Å². The summed E-state index contributed by atoms with van der Waals surface area (Å²) in [5, 5.41) is 3.29. The van der Waals surface area contributed by atoms with Gasteiger partial charge < -0.3 is 14.8 Å². The number of fused-ring (bicyclic) bond motifs is 3. The molecule has 0 bridgehead atoms. The molecule has 1 aliphatic carbocycles. The maximum atomic E-state index is 15.4. The molecule has 1 N–H and O–H groups in total. The zero-order valence-corrected chi connectivity index (χ0v) is 19.8. The van der Waals surface area contributed by atoms with E-state index in [1.165, 1.54) is 14.2 Å². The fraction of sp³-hybridized carbons (Fsp3) is 0.308. The van der Waals surface area contributed by atoms with Crippen molar-refractivity contribution in [3.8, 4) is 11.5 Å². The lowest BCUT2D eigenvalue weighted by molar-refractivity contribution is 0.249. The molecule has 0 spiro atoms. The van der Waals surface area contributed by atoms with E-state index in [2.05, 4.69) is 17.2 Å². The lowest BCUT2D eigenvalue weighted by atomic mass is 9.97. The van der Waals surface area contributed by atoms with Crippen LogP contribution in [0, 0.1) is 11.6 Å². The summed E-state index contributed by atoms with van der Waals surface area (Å²) in [6, 6.07) is 0.599. The van der Waals surface area contributed by atoms with Gasteiger partial charge in [-0.05, 0) is 12.0 Å². The first kappa shape index (κ1) is 22.9. The number of carbonyl (C=O) groups excluding carboxylic acids is 1. The summed E-state index contributed by atoms with van der Waals surface area (Å²) >= 11 is 0. The summed E-state index contributed by atoms with van der Waals surface area (Å²) in [7, 11) is 2.56. The maximum absolute atomic E-state index is 15.4. The van der Waals surface area contributed by atoms with E-state index in [0.29, 0.717) is 18.5 Å². The Bertz CT molecular complexity index is 1260. The summed E-state index contributed by atoms with van der Waals surface area (Å²) < 4.78 is 41.0. The third kappa shape index (κ3) is 3.80. The highest BCUT2D eigenvalue weighted by Gasteiger charge is 2.40. The third-order valence-electron chi connectivity index (χ3n) is 6.54. The molecule has 2 aliphatic heterocycles. The minimum Gasteiger partial charge on any atom is -0.493 e. The number of aromatic nitrogens is 1. The van der Waals surface area contributed by atoms with Gasteiger partial charge in [-0.15, -0.1) is 0 Å². The van der Waals surface area contributed by atoms with Gasteiger partial charge in [-0.25, -0.2) is 18.6 Å². The summed E-state index contributed by atoms with van der Waals surface area (Å²) in [6.45, 7) is 3.00. The minimum atomic E-state index is -0.966. The zero-order valence-electron chi connectivity index (χ0n) is 19.8. The van der Waals surface area contributed by atoms with Crippen LogP contribution in [0.2, 0.25) is 0 Å². The van der Waals surface area contributed by atoms with Crippen molar-refractivity contribution in [2.24, 2.45) is 0 Å². The maximum Gasteiger partial charge on any atom is 0.329 e. The van der Waals surface area contributed by atoms with Gasteiger partial charge in [0.15, 0.2) is 23.1 Å². The van der Waals surface area contributed by atoms with Gasteiger partial charge in [0, 0.05) is 42.4 Å². The fourth-order valence-electron chi connectivity index (χ4n) is 4.80. The van der Waals surface area contributed by atoms with Gasteiger partial charge >= 0.3 is 6.03 Å². The predicted molar refractivity (Wildman–Crippen MR) is 131 cm³/mol. The van der Waals surface area contributed by atoms with Crippen molar-refractivity contribution < 1.29 is 23.0 Å². The monoisotopic (exact) mass is 480 g/mol. The Morgan fingerprint density at radius 3 is 2.57 bits per heavy atom. The van der Waals surface area contributed by atoms with Crippen LogP contribution in [0.25, 0.3) is 0 Å². The van der Waals surface area contributed by atoms with Crippen molar-refractivity contribution >= 4 is 23.2 Å². The summed E-state index contributed by atoms with van der Waals surface area (Å²) in [4.78, 5) is 21.2. The second-order valence-corrected chi connectivity index (χ2v) is 8.73. The van der Waals surface area contributed by atoms with Crippen LogP contribution in [0.3, 0.4) is 0 Å². The fourth-order valence-corrected chi connectivity index (χ4v) is 4.80. The zero-order chi connectivity index (χ0) is 24.7. The Balaban J connectivity index is 1.67. The van der Waals surface area contributed by atoms with Crippen molar-refractivity contribution in [1.82, 2.24) is 4.98 Å². The number of methoxy groups -OCH3 is 2. The molecule has 0 saturated carbocycles. The quantitative estimate of drug-likeness (QED) is 0.630. The second-order valence-electron chi connectivity index (χ2n) is 8.73. The van der Waals surface area contributed by atoms with E-state index in [4.69, 9.17) is 9.47 Å². The number of allylic oxidation sites excluding steroid dienone is 5. The van der Waals surface area contributed by atoms with Crippen molar-refractivity contribution in [3.63, 3.8) is 0 Å². The SMILES string of the molecule is COc1cc(OC)c(F)c(N2Cc3cnc4c(c3N(CC3=CC=CC=CC3)C2=O)C(C)CN4)c1F. The van der Waals surface area contributed by atoms with E-state index in [9.17, 15) is 4.79 Å². The molecule has 1 aromatic carbocycles. The second kappa shape index (κ2) is 9.05. The molecule has 0 fully saturated rings. The molecular formula is C26H26F2N4O3. The number of rotatable bonds is 5. The topological polar surface area (TPSA) is 66.9 Å². The van der Waals surface area contributed by atoms with Crippen molar-refractivity contribution in [2.45, 2.75) is 25.8 Å². The number of halogens is 2. The van der Waals surface area contributed by atoms with Crippen LogP contribution < -0.4 is 24.6 Å². The number of hydrogen-bond donors (Lipinski definition) is 1. The van der Waals surface area contributed by atoms with E-state index >= 15 is 8.78 Å². The molecule has 2 aromatic rings. The van der Waals surface area contributed by atoms with Gasteiger partial charge in [0.25, 0.3) is 0 Å². The molecule has 2 amide bonds. The molecule has 0 radical (unpaired) electrons. The van der Waals surface area contributed by atoms with Crippen molar-refractivity contribution in [3.05, 3.63) is 71.0 Å². The lowest BCUT2D eigenvalue weighted by Gasteiger charge is -2.39. The highest BCUT2D eigenvalue weighted by molar-refractivity contribution is 6.08. The molecule has 1 aromatic heterocycles. The van der Waals surface area contributed by atoms with Gasteiger partial charge in [-0.1, -0.05) is 37.3 Å². The smallest absolute Gasteiger partial charge is 0.329 e. The first-order chi connectivity index (χ1) is 16.9. The number of nitrogens with zero attached hydrogens (tertiary/aromatic N) is 3. The Morgan fingerprint density at radius 2 is 1.86 bits per heavy atom. The highest BCUT2D eigenvalue weighted by Crippen LogP contribution is 2.45. The van der Waals surface area contributed by atoms with Gasteiger partial charge in [0.1, 0.15) is 11.5 Å².